The van der Waals surface area contributed by atoms with Crippen LogP contribution in [0.3, 0.4) is 0 Å². The summed E-state index contributed by atoms with van der Waals surface area (Å²) in [7, 11) is 0. The van der Waals surface area contributed by atoms with E-state index < -0.39 is 0 Å². The standard InChI is InChI=1S/C12H12N4O/c17-12(11-13-7-4-8-14-11)16-15-9-10-5-2-1-3-6-10/h1-8,15H,9H2,(H,16,17). The van der Waals surface area contributed by atoms with E-state index in [1.165, 1.54) is 12.4 Å². The van der Waals surface area contributed by atoms with Gasteiger partial charge in [-0.25, -0.2) is 15.4 Å². The van der Waals surface area contributed by atoms with Crippen molar-refractivity contribution in [2.24, 2.45) is 0 Å². The number of amides is 1. The highest BCUT2D eigenvalue weighted by Gasteiger charge is 2.06. The van der Waals surface area contributed by atoms with Gasteiger partial charge in [0.05, 0.1) is 0 Å². The quantitative estimate of drug-likeness (QED) is 0.763. The van der Waals surface area contributed by atoms with Crippen LogP contribution < -0.4 is 10.9 Å². The van der Waals surface area contributed by atoms with Crippen LogP contribution >= 0.6 is 0 Å². The molecule has 0 unspecified atom stereocenters. The molecule has 0 saturated carbocycles. The summed E-state index contributed by atoms with van der Waals surface area (Å²) in [4.78, 5) is 19.2. The van der Waals surface area contributed by atoms with E-state index in [9.17, 15) is 4.79 Å². The van der Waals surface area contributed by atoms with Crippen molar-refractivity contribution in [3.8, 4) is 0 Å². The average molecular weight is 228 g/mol. The number of nitrogens with one attached hydrogen (secondary N) is 2. The third-order valence-corrected chi connectivity index (χ3v) is 2.11. The van der Waals surface area contributed by atoms with Gasteiger partial charge in [0.2, 0.25) is 5.82 Å². The van der Waals surface area contributed by atoms with Crippen molar-refractivity contribution >= 4 is 5.91 Å². The Hall–Kier alpha value is -2.27. The Kier molecular flexibility index (Phi) is 3.77. The van der Waals surface area contributed by atoms with E-state index in [0.717, 1.165) is 5.56 Å². The fourth-order valence-corrected chi connectivity index (χ4v) is 1.29. The highest BCUT2D eigenvalue weighted by molar-refractivity contribution is 5.89. The molecule has 0 saturated heterocycles. The van der Waals surface area contributed by atoms with Crippen molar-refractivity contribution in [3.63, 3.8) is 0 Å². The Morgan fingerprint density at radius 3 is 2.47 bits per heavy atom. The van der Waals surface area contributed by atoms with Crippen LogP contribution in [-0.2, 0) is 6.54 Å². The lowest BCUT2D eigenvalue weighted by Crippen LogP contribution is -2.37. The summed E-state index contributed by atoms with van der Waals surface area (Å²) >= 11 is 0. The lowest BCUT2D eigenvalue weighted by atomic mass is 10.2. The normalized spacial score (nSPS) is 9.88. The number of benzene rings is 1. The summed E-state index contributed by atoms with van der Waals surface area (Å²) in [5, 5.41) is 0. The molecule has 0 fully saturated rings. The molecule has 1 aromatic heterocycles. The Balaban J connectivity index is 1.82. The Morgan fingerprint density at radius 1 is 1.06 bits per heavy atom. The highest BCUT2D eigenvalue weighted by atomic mass is 16.2. The molecule has 2 N–H and O–H groups in total. The second kappa shape index (κ2) is 5.72. The predicted molar refractivity (Wildman–Crippen MR) is 62.8 cm³/mol. The summed E-state index contributed by atoms with van der Waals surface area (Å²) < 4.78 is 0. The van der Waals surface area contributed by atoms with Crippen LogP contribution in [0.4, 0.5) is 0 Å². The zero-order chi connectivity index (χ0) is 11.9. The molecule has 5 heteroatoms. The van der Waals surface area contributed by atoms with Gasteiger partial charge < -0.3 is 0 Å². The van der Waals surface area contributed by atoms with E-state index in [1.54, 1.807) is 6.07 Å². The minimum absolute atomic E-state index is 0.146. The second-order valence-corrected chi connectivity index (χ2v) is 3.37. The molecule has 2 rings (SSSR count). The van der Waals surface area contributed by atoms with Crippen molar-refractivity contribution < 1.29 is 4.79 Å². The smallest absolute Gasteiger partial charge is 0.284 e. The first kappa shape index (κ1) is 11.2. The maximum Gasteiger partial charge on any atom is 0.303 e. The van der Waals surface area contributed by atoms with Crippen LogP contribution in [0.5, 0.6) is 0 Å². The number of carbonyl (C=O) groups is 1. The van der Waals surface area contributed by atoms with Crippen molar-refractivity contribution in [3.05, 3.63) is 60.2 Å². The van der Waals surface area contributed by atoms with E-state index in [4.69, 9.17) is 0 Å². The molecule has 0 atom stereocenters. The van der Waals surface area contributed by atoms with Crippen molar-refractivity contribution in [2.45, 2.75) is 6.54 Å². The van der Waals surface area contributed by atoms with Gasteiger partial charge in [-0.2, -0.15) is 0 Å². The number of hydrogen-bond acceptors (Lipinski definition) is 4. The summed E-state index contributed by atoms with van der Waals surface area (Å²) in [5.41, 5.74) is 6.44. The molecule has 0 aliphatic carbocycles. The van der Waals surface area contributed by atoms with Crippen LogP contribution in [-0.4, -0.2) is 15.9 Å². The van der Waals surface area contributed by atoms with Crippen LogP contribution in [0.15, 0.2) is 48.8 Å². The van der Waals surface area contributed by atoms with Crippen LogP contribution in [0.25, 0.3) is 0 Å². The Morgan fingerprint density at radius 2 is 1.76 bits per heavy atom. The fraction of sp³-hybridized carbons (Fsp3) is 0.0833. The maximum atomic E-state index is 11.5. The zero-order valence-corrected chi connectivity index (χ0v) is 9.13. The minimum Gasteiger partial charge on any atom is -0.284 e. The molecular formula is C12H12N4O. The van der Waals surface area contributed by atoms with Crippen molar-refractivity contribution in [2.75, 3.05) is 0 Å². The largest absolute Gasteiger partial charge is 0.303 e. The maximum absolute atomic E-state index is 11.5. The first-order valence-corrected chi connectivity index (χ1v) is 5.20. The van der Waals surface area contributed by atoms with Gasteiger partial charge in [-0.3, -0.25) is 10.2 Å². The van der Waals surface area contributed by atoms with Gasteiger partial charge in [0.1, 0.15) is 0 Å². The van der Waals surface area contributed by atoms with Gasteiger partial charge in [-0.05, 0) is 11.6 Å². The molecule has 0 aliphatic heterocycles. The van der Waals surface area contributed by atoms with E-state index in [0.29, 0.717) is 6.54 Å². The van der Waals surface area contributed by atoms with Crippen molar-refractivity contribution in [1.82, 2.24) is 20.8 Å². The third kappa shape index (κ3) is 3.35. The predicted octanol–water partition coefficient (Wildman–Crippen LogP) is 0.911. The fourth-order valence-electron chi connectivity index (χ4n) is 1.29. The van der Waals surface area contributed by atoms with Gasteiger partial charge in [-0.15, -0.1) is 0 Å². The van der Waals surface area contributed by atoms with E-state index >= 15 is 0 Å². The SMILES string of the molecule is O=C(NNCc1ccccc1)c1ncccn1. The molecule has 1 aromatic carbocycles. The number of nitrogens with zero attached hydrogens (tertiary/aromatic N) is 2. The summed E-state index contributed by atoms with van der Waals surface area (Å²) in [6.45, 7) is 0.555. The van der Waals surface area contributed by atoms with Crippen LogP contribution in [0, 0.1) is 0 Å². The number of hydrogen-bond donors (Lipinski definition) is 2. The first-order valence-electron chi connectivity index (χ1n) is 5.20. The van der Waals surface area contributed by atoms with E-state index in [-0.39, 0.29) is 11.7 Å². The van der Waals surface area contributed by atoms with E-state index in [1.807, 2.05) is 30.3 Å². The summed E-state index contributed by atoms with van der Waals surface area (Å²) in [5.74, 6) is -0.199. The number of hydrazine groups is 1. The molecule has 0 radical (unpaired) electrons. The highest BCUT2D eigenvalue weighted by Crippen LogP contribution is 1.96. The molecule has 17 heavy (non-hydrogen) atoms. The number of carbonyl (C=O) groups excluding carboxylic acids is 1. The van der Waals surface area contributed by atoms with Crippen LogP contribution in [0.2, 0.25) is 0 Å². The van der Waals surface area contributed by atoms with Crippen LogP contribution in [0.1, 0.15) is 16.2 Å². The Bertz CT molecular complexity index is 472. The van der Waals surface area contributed by atoms with E-state index in [2.05, 4.69) is 20.8 Å². The molecule has 1 amide bonds. The van der Waals surface area contributed by atoms with Gasteiger partial charge in [0, 0.05) is 18.9 Å². The lowest BCUT2D eigenvalue weighted by Gasteiger charge is -2.05. The van der Waals surface area contributed by atoms with Gasteiger partial charge >= 0.3 is 5.91 Å². The second-order valence-electron chi connectivity index (χ2n) is 3.37. The zero-order valence-electron chi connectivity index (χ0n) is 9.13. The molecule has 2 aromatic rings. The van der Waals surface area contributed by atoms with Crippen molar-refractivity contribution in [1.29, 1.82) is 0 Å². The van der Waals surface area contributed by atoms with Gasteiger partial charge in [0.25, 0.3) is 0 Å². The molecular weight excluding hydrogens is 216 g/mol. The summed E-state index contributed by atoms with van der Waals surface area (Å²) in [6.07, 6.45) is 3.05. The summed E-state index contributed by atoms with van der Waals surface area (Å²) in [6, 6.07) is 11.4. The van der Waals surface area contributed by atoms with Gasteiger partial charge in [0.15, 0.2) is 0 Å². The molecule has 0 spiro atoms. The molecule has 0 bridgehead atoms. The van der Waals surface area contributed by atoms with Gasteiger partial charge in [-0.1, -0.05) is 30.3 Å². The molecule has 1 heterocycles. The average Bonchev–Trinajstić information content (AvgIpc) is 2.41. The monoisotopic (exact) mass is 228 g/mol. The molecule has 86 valence electrons. The number of rotatable bonds is 4. The Labute approximate surface area is 98.9 Å². The lowest BCUT2D eigenvalue weighted by molar-refractivity contribution is 0.0921. The first-order chi connectivity index (χ1) is 8.36. The number of aromatic nitrogens is 2. The minimum atomic E-state index is -0.346. The molecule has 0 aliphatic rings. The topological polar surface area (TPSA) is 66.9 Å². The molecule has 5 nitrogen and oxygen atoms in total. The third-order valence-electron chi connectivity index (χ3n) is 2.11.